The summed E-state index contributed by atoms with van der Waals surface area (Å²) in [5, 5.41) is 9.39. The molecule has 2 heteroatoms. The molecule has 0 saturated carbocycles. The fourth-order valence-corrected chi connectivity index (χ4v) is 2.79. The highest BCUT2D eigenvalue weighted by Gasteiger charge is 2.16. The van der Waals surface area contributed by atoms with Gasteiger partial charge in [-0.15, -0.1) is 0 Å². The zero-order valence-electron chi connectivity index (χ0n) is 10.3. The van der Waals surface area contributed by atoms with Gasteiger partial charge in [-0.2, -0.15) is 5.26 Å². The molecule has 1 aromatic heterocycles. The van der Waals surface area contributed by atoms with Crippen molar-refractivity contribution >= 4 is 0 Å². The Labute approximate surface area is 107 Å². The Kier molecular flexibility index (Phi) is 2.90. The Balaban J connectivity index is 1.99. The van der Waals surface area contributed by atoms with E-state index in [2.05, 4.69) is 29.3 Å². The van der Waals surface area contributed by atoms with Gasteiger partial charge in [0, 0.05) is 12.4 Å². The minimum absolute atomic E-state index is 0.150. The molecule has 2 nitrogen and oxygen atoms in total. The van der Waals surface area contributed by atoms with Crippen molar-refractivity contribution in [2.75, 3.05) is 0 Å². The number of benzene rings is 1. The van der Waals surface area contributed by atoms with Gasteiger partial charge in [-0.1, -0.05) is 18.2 Å². The van der Waals surface area contributed by atoms with Crippen LogP contribution in [0.3, 0.4) is 0 Å². The van der Waals surface area contributed by atoms with E-state index in [0.717, 1.165) is 17.5 Å². The molecule has 1 aliphatic carbocycles. The third-order valence-electron chi connectivity index (χ3n) is 3.79. The minimum Gasteiger partial charge on any atom is -0.367 e. The maximum absolute atomic E-state index is 9.39. The first-order valence-corrected chi connectivity index (χ1v) is 6.52. The van der Waals surface area contributed by atoms with Crippen LogP contribution in [0.15, 0.2) is 36.7 Å². The van der Waals surface area contributed by atoms with Gasteiger partial charge in [0.15, 0.2) is 0 Å². The highest BCUT2D eigenvalue weighted by molar-refractivity contribution is 5.42. The van der Waals surface area contributed by atoms with E-state index >= 15 is 0 Å². The topological polar surface area (TPSA) is 39.6 Å². The van der Waals surface area contributed by atoms with Gasteiger partial charge in [0.25, 0.3) is 0 Å². The lowest BCUT2D eigenvalue weighted by atomic mass is 9.86. The van der Waals surface area contributed by atoms with Crippen LogP contribution in [-0.4, -0.2) is 4.98 Å². The van der Waals surface area contributed by atoms with Crippen LogP contribution in [0, 0.1) is 11.3 Å². The predicted octanol–water partition coefficient (Wildman–Crippen LogP) is 3.55. The molecule has 18 heavy (non-hydrogen) atoms. The van der Waals surface area contributed by atoms with Crippen molar-refractivity contribution in [2.24, 2.45) is 0 Å². The first-order chi connectivity index (χ1) is 8.88. The molecule has 1 aliphatic rings. The van der Waals surface area contributed by atoms with Crippen LogP contribution in [0.2, 0.25) is 0 Å². The third kappa shape index (κ3) is 1.93. The smallest absolute Gasteiger partial charge is 0.0977 e. The van der Waals surface area contributed by atoms with Crippen molar-refractivity contribution in [3.8, 4) is 6.07 Å². The summed E-state index contributed by atoms with van der Waals surface area (Å²) in [5.74, 6) is -0.150. The number of H-pyrrole nitrogens is 1. The van der Waals surface area contributed by atoms with Crippen molar-refractivity contribution in [1.82, 2.24) is 4.98 Å². The van der Waals surface area contributed by atoms with Crippen molar-refractivity contribution in [3.05, 3.63) is 58.9 Å². The van der Waals surface area contributed by atoms with Crippen LogP contribution in [0.5, 0.6) is 0 Å². The highest BCUT2D eigenvalue weighted by Crippen LogP contribution is 2.28. The van der Waals surface area contributed by atoms with E-state index in [0.29, 0.717) is 0 Å². The SMILES string of the molecule is N#CC(c1cc[nH]c1)c1ccc2c(c1)CCCC2. The number of hydrogen-bond acceptors (Lipinski definition) is 1. The Morgan fingerprint density at radius 3 is 2.61 bits per heavy atom. The standard InChI is InChI=1S/C16H16N2/c17-10-16(15-7-8-18-11-15)14-6-5-12-3-1-2-4-13(12)9-14/h5-9,11,16,18H,1-4H2. The zero-order chi connectivity index (χ0) is 12.4. The number of rotatable bonds is 2. The number of hydrogen-bond donors (Lipinski definition) is 1. The van der Waals surface area contributed by atoms with E-state index in [1.54, 1.807) is 0 Å². The molecule has 1 unspecified atom stereocenters. The van der Waals surface area contributed by atoms with Crippen LogP contribution in [0.25, 0.3) is 0 Å². The summed E-state index contributed by atoms with van der Waals surface area (Å²) in [4.78, 5) is 3.03. The average molecular weight is 236 g/mol. The molecule has 0 fully saturated rings. The average Bonchev–Trinajstić information content (AvgIpc) is 2.93. The van der Waals surface area contributed by atoms with E-state index in [1.807, 2.05) is 18.5 Å². The van der Waals surface area contributed by atoms with Crippen LogP contribution >= 0.6 is 0 Å². The molecule has 0 amide bonds. The minimum atomic E-state index is -0.150. The summed E-state index contributed by atoms with van der Waals surface area (Å²) in [6.45, 7) is 0. The number of nitrogens with one attached hydrogen (secondary N) is 1. The number of nitrogens with zero attached hydrogens (tertiary/aromatic N) is 1. The van der Waals surface area contributed by atoms with Crippen molar-refractivity contribution < 1.29 is 0 Å². The van der Waals surface area contributed by atoms with Crippen molar-refractivity contribution in [2.45, 2.75) is 31.6 Å². The summed E-state index contributed by atoms with van der Waals surface area (Å²) < 4.78 is 0. The Morgan fingerprint density at radius 1 is 1.06 bits per heavy atom. The normalized spacial score (nSPS) is 15.7. The molecule has 0 spiro atoms. The Bertz CT molecular complexity index is 576. The molecule has 2 aromatic rings. The molecule has 3 rings (SSSR count). The summed E-state index contributed by atoms with van der Waals surface area (Å²) in [7, 11) is 0. The third-order valence-corrected chi connectivity index (χ3v) is 3.79. The van der Waals surface area contributed by atoms with E-state index in [1.165, 1.54) is 30.4 Å². The maximum atomic E-state index is 9.39. The second-order valence-corrected chi connectivity index (χ2v) is 4.94. The van der Waals surface area contributed by atoms with E-state index in [-0.39, 0.29) is 5.92 Å². The van der Waals surface area contributed by atoms with Gasteiger partial charge >= 0.3 is 0 Å². The summed E-state index contributed by atoms with van der Waals surface area (Å²) in [5.41, 5.74) is 5.08. The molecule has 90 valence electrons. The molecule has 1 aromatic carbocycles. The highest BCUT2D eigenvalue weighted by atomic mass is 14.6. The molecule has 0 radical (unpaired) electrons. The second-order valence-electron chi connectivity index (χ2n) is 4.94. The Morgan fingerprint density at radius 2 is 1.89 bits per heavy atom. The first-order valence-electron chi connectivity index (χ1n) is 6.52. The quantitative estimate of drug-likeness (QED) is 0.851. The van der Waals surface area contributed by atoms with Crippen molar-refractivity contribution in [3.63, 3.8) is 0 Å². The van der Waals surface area contributed by atoms with Gasteiger partial charge in [0.2, 0.25) is 0 Å². The van der Waals surface area contributed by atoms with Gasteiger partial charge in [-0.3, -0.25) is 0 Å². The molecule has 1 heterocycles. The van der Waals surface area contributed by atoms with E-state index in [4.69, 9.17) is 0 Å². The lowest BCUT2D eigenvalue weighted by Crippen LogP contribution is -2.05. The monoisotopic (exact) mass is 236 g/mol. The van der Waals surface area contributed by atoms with Crippen LogP contribution in [0.4, 0.5) is 0 Å². The van der Waals surface area contributed by atoms with Crippen LogP contribution in [0.1, 0.15) is 41.0 Å². The summed E-state index contributed by atoms with van der Waals surface area (Å²) in [6, 6.07) is 10.9. The number of nitriles is 1. The largest absolute Gasteiger partial charge is 0.367 e. The van der Waals surface area contributed by atoms with E-state index in [9.17, 15) is 5.26 Å². The number of aryl methyl sites for hydroxylation is 2. The van der Waals surface area contributed by atoms with E-state index < -0.39 is 0 Å². The number of fused-ring (bicyclic) bond motifs is 1. The van der Waals surface area contributed by atoms with Crippen LogP contribution < -0.4 is 0 Å². The molecule has 0 bridgehead atoms. The fourth-order valence-electron chi connectivity index (χ4n) is 2.79. The molecule has 0 aliphatic heterocycles. The summed E-state index contributed by atoms with van der Waals surface area (Å²) in [6.07, 6.45) is 8.71. The molecule has 1 atom stereocenters. The molecule has 0 saturated heterocycles. The fraction of sp³-hybridized carbons (Fsp3) is 0.312. The van der Waals surface area contributed by atoms with Gasteiger partial charge < -0.3 is 4.98 Å². The molecular formula is C16H16N2. The maximum Gasteiger partial charge on any atom is 0.0977 e. The summed E-state index contributed by atoms with van der Waals surface area (Å²) >= 11 is 0. The number of aromatic amines is 1. The molecule has 1 N–H and O–H groups in total. The number of aromatic nitrogens is 1. The zero-order valence-corrected chi connectivity index (χ0v) is 10.3. The van der Waals surface area contributed by atoms with Crippen molar-refractivity contribution in [1.29, 1.82) is 5.26 Å². The molecular weight excluding hydrogens is 220 g/mol. The second kappa shape index (κ2) is 4.70. The Hall–Kier alpha value is -2.01. The van der Waals surface area contributed by atoms with Gasteiger partial charge in [0.05, 0.1) is 12.0 Å². The predicted molar refractivity (Wildman–Crippen MR) is 71.3 cm³/mol. The lowest BCUT2D eigenvalue weighted by molar-refractivity contribution is 0.684. The van der Waals surface area contributed by atoms with Crippen LogP contribution in [-0.2, 0) is 12.8 Å². The van der Waals surface area contributed by atoms with Gasteiger partial charge in [0.1, 0.15) is 0 Å². The van der Waals surface area contributed by atoms with Gasteiger partial charge in [-0.25, -0.2) is 0 Å². The van der Waals surface area contributed by atoms with Gasteiger partial charge in [-0.05, 0) is 54.0 Å². The lowest BCUT2D eigenvalue weighted by Gasteiger charge is -2.18. The first kappa shape index (κ1) is 11.1.